The van der Waals surface area contributed by atoms with Crippen LogP contribution < -0.4 is 5.73 Å². The van der Waals surface area contributed by atoms with Gasteiger partial charge in [-0.3, -0.25) is 10.5 Å². The molecule has 3 heterocycles. The van der Waals surface area contributed by atoms with E-state index in [-0.39, 0.29) is 11.9 Å². The van der Waals surface area contributed by atoms with E-state index in [1.807, 2.05) is 0 Å². The van der Waals surface area contributed by atoms with Gasteiger partial charge in [0, 0.05) is 12.0 Å². The number of aromatic nitrogens is 2. The first-order valence-corrected chi connectivity index (χ1v) is 4.82. The lowest BCUT2D eigenvalue weighted by atomic mass is 10.0. The Hall–Kier alpha value is -1.36. The maximum atomic E-state index is 7.41. The quantitative estimate of drug-likeness (QED) is 0.446. The predicted octanol–water partition coefficient (Wildman–Crippen LogP) is 0.470. The molecule has 1 aromatic rings. The van der Waals surface area contributed by atoms with Crippen LogP contribution in [0.25, 0.3) is 0 Å². The third-order valence-electron chi connectivity index (χ3n) is 3.01. The highest BCUT2D eigenvalue weighted by Crippen LogP contribution is 2.40. The van der Waals surface area contributed by atoms with E-state index in [0.29, 0.717) is 11.8 Å². The normalized spacial score (nSPS) is 28.9. The summed E-state index contributed by atoms with van der Waals surface area (Å²) in [5, 5.41) is 14.4. The molecule has 0 saturated carbocycles. The zero-order valence-electron chi connectivity index (χ0n) is 7.71. The number of amidine groups is 1. The lowest BCUT2D eigenvalue weighted by molar-refractivity contribution is 0.0301. The van der Waals surface area contributed by atoms with Crippen molar-refractivity contribution in [3.63, 3.8) is 0 Å². The number of ether oxygens (including phenoxy) is 1. The molecule has 0 aromatic carbocycles. The minimum Gasteiger partial charge on any atom is -0.382 e. The fourth-order valence-electron chi connectivity index (χ4n) is 2.36. The van der Waals surface area contributed by atoms with Gasteiger partial charge in [-0.05, 0) is 12.8 Å². The molecular formula is C9H12N4O. The van der Waals surface area contributed by atoms with Crippen molar-refractivity contribution in [2.45, 2.75) is 31.5 Å². The Labute approximate surface area is 81.1 Å². The first kappa shape index (κ1) is 7.99. The van der Waals surface area contributed by atoms with Gasteiger partial charge in [0.15, 0.2) is 0 Å². The van der Waals surface area contributed by atoms with E-state index in [2.05, 4.69) is 10.2 Å². The molecule has 0 radical (unpaired) electrons. The van der Waals surface area contributed by atoms with Gasteiger partial charge < -0.3 is 10.5 Å². The van der Waals surface area contributed by atoms with Crippen molar-refractivity contribution < 1.29 is 4.74 Å². The summed E-state index contributed by atoms with van der Waals surface area (Å²) < 4.78 is 5.72. The summed E-state index contributed by atoms with van der Waals surface area (Å²) in [4.78, 5) is 0. The summed E-state index contributed by atoms with van der Waals surface area (Å²) in [6.07, 6.45) is 3.42. The van der Waals surface area contributed by atoms with Crippen molar-refractivity contribution in [3.8, 4) is 0 Å². The van der Waals surface area contributed by atoms with Crippen molar-refractivity contribution >= 4 is 5.84 Å². The average molecular weight is 192 g/mol. The maximum Gasteiger partial charge on any atom is 0.141 e. The van der Waals surface area contributed by atoms with Gasteiger partial charge in [-0.15, -0.1) is 0 Å². The van der Waals surface area contributed by atoms with Gasteiger partial charge in [-0.1, -0.05) is 0 Å². The molecule has 74 valence electrons. The van der Waals surface area contributed by atoms with Crippen molar-refractivity contribution in [1.82, 2.24) is 10.2 Å². The number of aromatic amines is 1. The molecule has 5 nitrogen and oxygen atoms in total. The fourth-order valence-corrected chi connectivity index (χ4v) is 2.36. The summed E-state index contributed by atoms with van der Waals surface area (Å²) >= 11 is 0. The number of nitrogen functional groups attached to an aromatic ring is 1. The first-order chi connectivity index (χ1) is 6.75. The van der Waals surface area contributed by atoms with Crippen LogP contribution in [0.3, 0.4) is 0 Å². The molecule has 2 atom stereocenters. The Kier molecular flexibility index (Phi) is 1.47. The molecule has 14 heavy (non-hydrogen) atoms. The van der Waals surface area contributed by atoms with Crippen molar-refractivity contribution in [3.05, 3.63) is 17.0 Å². The summed E-state index contributed by atoms with van der Waals surface area (Å²) in [5.41, 5.74) is 8.20. The lowest BCUT2D eigenvalue weighted by Gasteiger charge is -2.19. The highest BCUT2D eigenvalue weighted by atomic mass is 16.5. The summed E-state index contributed by atoms with van der Waals surface area (Å²) in [7, 11) is 0. The van der Waals surface area contributed by atoms with Crippen LogP contribution in [-0.4, -0.2) is 22.1 Å². The Bertz CT molecular complexity index is 398. The molecule has 1 fully saturated rings. The topological polar surface area (TPSA) is 87.8 Å². The molecule has 1 saturated heterocycles. The van der Waals surface area contributed by atoms with E-state index in [0.717, 1.165) is 30.5 Å². The van der Waals surface area contributed by atoms with E-state index in [1.165, 1.54) is 0 Å². The van der Waals surface area contributed by atoms with Crippen LogP contribution in [-0.2, 0) is 11.2 Å². The molecule has 1 aromatic heterocycles. The Morgan fingerprint density at radius 3 is 3.21 bits per heavy atom. The Balaban J connectivity index is 2.11. The van der Waals surface area contributed by atoms with Gasteiger partial charge >= 0.3 is 0 Å². The summed E-state index contributed by atoms with van der Waals surface area (Å²) in [5.74, 6) is 0.0695. The molecule has 2 aliphatic rings. The zero-order valence-corrected chi connectivity index (χ0v) is 7.71. The van der Waals surface area contributed by atoms with Crippen LogP contribution >= 0.6 is 0 Å². The number of nitrogens with two attached hydrogens (primary N) is 1. The number of nitrogens with zero attached hydrogens (tertiary/aromatic N) is 1. The van der Waals surface area contributed by atoms with Crippen LogP contribution in [0.4, 0.5) is 0 Å². The van der Waals surface area contributed by atoms with Gasteiger partial charge in [0.25, 0.3) is 0 Å². The Morgan fingerprint density at radius 1 is 1.57 bits per heavy atom. The standard InChI is InChI=1S/C9H12N4O/c10-9(11)8-5-3-4-1-2-6(14-4)7(5)12-13-8/h4,6H,1-3H2,(H3,10,11)(H,12,13). The lowest BCUT2D eigenvalue weighted by Crippen LogP contribution is -2.21. The molecule has 0 aliphatic carbocycles. The van der Waals surface area contributed by atoms with Crippen LogP contribution in [0, 0.1) is 5.41 Å². The van der Waals surface area contributed by atoms with Gasteiger partial charge in [0.1, 0.15) is 17.6 Å². The minimum atomic E-state index is 0.0695. The van der Waals surface area contributed by atoms with Crippen LogP contribution in [0.1, 0.15) is 35.9 Å². The van der Waals surface area contributed by atoms with Gasteiger partial charge in [-0.25, -0.2) is 0 Å². The zero-order chi connectivity index (χ0) is 9.71. The first-order valence-electron chi connectivity index (χ1n) is 4.82. The Morgan fingerprint density at radius 2 is 2.43 bits per heavy atom. The SMILES string of the molecule is N=C(N)c1[nH]nc2c1CC1CCC2O1. The molecule has 0 amide bonds. The molecule has 5 heteroatoms. The van der Waals surface area contributed by atoms with Crippen molar-refractivity contribution in [2.75, 3.05) is 0 Å². The molecular weight excluding hydrogens is 180 g/mol. The second kappa shape index (κ2) is 2.57. The highest BCUT2D eigenvalue weighted by Gasteiger charge is 2.37. The second-order valence-electron chi connectivity index (χ2n) is 3.90. The second-order valence-corrected chi connectivity index (χ2v) is 3.90. The number of fused-ring (bicyclic) bond motifs is 4. The molecule has 2 aliphatic heterocycles. The van der Waals surface area contributed by atoms with Crippen molar-refractivity contribution in [2.24, 2.45) is 5.73 Å². The largest absolute Gasteiger partial charge is 0.382 e. The van der Waals surface area contributed by atoms with Gasteiger partial charge in [0.05, 0.1) is 11.8 Å². The smallest absolute Gasteiger partial charge is 0.141 e. The average Bonchev–Trinajstić information content (AvgIpc) is 2.71. The van der Waals surface area contributed by atoms with Crippen LogP contribution in [0.15, 0.2) is 0 Å². The molecule has 0 spiro atoms. The number of nitrogens with one attached hydrogen (secondary N) is 2. The van der Waals surface area contributed by atoms with E-state index < -0.39 is 0 Å². The van der Waals surface area contributed by atoms with E-state index >= 15 is 0 Å². The molecule has 2 bridgehead atoms. The van der Waals surface area contributed by atoms with Crippen molar-refractivity contribution in [1.29, 1.82) is 5.41 Å². The van der Waals surface area contributed by atoms with E-state index in [4.69, 9.17) is 15.9 Å². The third kappa shape index (κ3) is 0.928. The fraction of sp³-hybridized carbons (Fsp3) is 0.556. The van der Waals surface area contributed by atoms with E-state index in [9.17, 15) is 0 Å². The highest BCUT2D eigenvalue weighted by molar-refractivity contribution is 5.94. The number of rotatable bonds is 1. The monoisotopic (exact) mass is 192 g/mol. The summed E-state index contributed by atoms with van der Waals surface area (Å²) in [6.45, 7) is 0. The molecule has 3 rings (SSSR count). The van der Waals surface area contributed by atoms with Crippen LogP contribution in [0.2, 0.25) is 0 Å². The summed E-state index contributed by atoms with van der Waals surface area (Å²) in [6, 6.07) is 0. The number of H-pyrrole nitrogens is 1. The predicted molar refractivity (Wildman–Crippen MR) is 50.2 cm³/mol. The number of hydrogen-bond donors (Lipinski definition) is 3. The van der Waals surface area contributed by atoms with Gasteiger partial charge in [-0.2, -0.15) is 5.10 Å². The third-order valence-corrected chi connectivity index (χ3v) is 3.01. The molecule has 2 unspecified atom stereocenters. The van der Waals surface area contributed by atoms with E-state index in [1.54, 1.807) is 0 Å². The maximum absolute atomic E-state index is 7.41. The van der Waals surface area contributed by atoms with Gasteiger partial charge in [0.2, 0.25) is 0 Å². The molecule has 4 N–H and O–H groups in total. The number of hydrogen-bond acceptors (Lipinski definition) is 3. The van der Waals surface area contributed by atoms with Crippen LogP contribution in [0.5, 0.6) is 0 Å². The minimum absolute atomic E-state index is 0.0695.